The highest BCUT2D eigenvalue weighted by molar-refractivity contribution is 6.16. The lowest BCUT2D eigenvalue weighted by molar-refractivity contribution is 1.07. The molecule has 0 atom stereocenters. The topological polar surface area (TPSA) is 43.6 Å². The van der Waals surface area contributed by atoms with Gasteiger partial charge in [-0.3, -0.25) is 0 Å². The van der Waals surface area contributed by atoms with Crippen LogP contribution in [0.25, 0.3) is 95.0 Å². The van der Waals surface area contributed by atoms with Gasteiger partial charge >= 0.3 is 0 Å². The van der Waals surface area contributed by atoms with Crippen molar-refractivity contribution >= 4 is 21.8 Å². The van der Waals surface area contributed by atoms with Gasteiger partial charge in [-0.25, -0.2) is 15.0 Å². The standard InChI is InChI=1S/C53H38N4/c1-35-17-12-13-26-43(35)45-28-15-27-44(36(45)2)40-31-32-48-47(34-40)50-46(29-16-30-49(50)57(48)42-24-10-5-11-25-42)39-22-14-23-41(33-39)53-55-51(37-18-6-3-7-19-37)54-52(56-53)38-20-8-4-9-21-38/h3-34H,1-2H3. The highest BCUT2D eigenvalue weighted by Gasteiger charge is 2.19. The molecule has 2 aromatic heterocycles. The van der Waals surface area contributed by atoms with Crippen LogP contribution in [0.1, 0.15) is 11.1 Å². The van der Waals surface area contributed by atoms with E-state index in [9.17, 15) is 0 Å². The number of aromatic nitrogens is 4. The average molecular weight is 731 g/mol. The van der Waals surface area contributed by atoms with Crippen molar-refractivity contribution in [3.05, 3.63) is 205 Å². The molecule has 0 saturated heterocycles. The van der Waals surface area contributed by atoms with Crippen LogP contribution in [0.2, 0.25) is 0 Å². The molecule has 0 saturated carbocycles. The number of aryl methyl sites for hydroxylation is 1. The first-order valence-electron chi connectivity index (χ1n) is 19.4. The summed E-state index contributed by atoms with van der Waals surface area (Å²) in [4.78, 5) is 15.0. The van der Waals surface area contributed by atoms with Gasteiger partial charge in [0, 0.05) is 33.2 Å². The Morgan fingerprint density at radius 3 is 1.56 bits per heavy atom. The summed E-state index contributed by atoms with van der Waals surface area (Å²) in [7, 11) is 0. The van der Waals surface area contributed by atoms with Crippen molar-refractivity contribution in [2.24, 2.45) is 0 Å². The molecule has 0 spiro atoms. The summed E-state index contributed by atoms with van der Waals surface area (Å²) in [6.07, 6.45) is 0. The Labute approximate surface area is 332 Å². The Morgan fingerprint density at radius 1 is 0.351 bits per heavy atom. The van der Waals surface area contributed by atoms with Gasteiger partial charge in [0.2, 0.25) is 0 Å². The normalized spacial score (nSPS) is 11.3. The van der Waals surface area contributed by atoms with Crippen LogP contribution in [0.4, 0.5) is 0 Å². The van der Waals surface area contributed by atoms with Crippen LogP contribution >= 0.6 is 0 Å². The van der Waals surface area contributed by atoms with Gasteiger partial charge < -0.3 is 4.57 Å². The van der Waals surface area contributed by atoms with Gasteiger partial charge in [0.25, 0.3) is 0 Å². The third kappa shape index (κ3) is 6.18. The fraction of sp³-hybridized carbons (Fsp3) is 0.0377. The largest absolute Gasteiger partial charge is 0.309 e. The monoisotopic (exact) mass is 730 g/mol. The number of rotatable bonds is 7. The molecular weight excluding hydrogens is 693 g/mol. The molecule has 270 valence electrons. The Balaban J connectivity index is 1.17. The van der Waals surface area contributed by atoms with Gasteiger partial charge in [-0.05, 0) is 94.8 Å². The Bertz CT molecular complexity index is 3020. The van der Waals surface area contributed by atoms with E-state index in [1.807, 2.05) is 60.7 Å². The second kappa shape index (κ2) is 14.3. The quantitative estimate of drug-likeness (QED) is 0.164. The van der Waals surface area contributed by atoms with Crippen LogP contribution in [0, 0.1) is 13.8 Å². The van der Waals surface area contributed by atoms with Crippen molar-refractivity contribution in [3.63, 3.8) is 0 Å². The fourth-order valence-corrected chi connectivity index (χ4v) is 8.21. The molecule has 0 amide bonds. The van der Waals surface area contributed by atoms with Crippen molar-refractivity contribution in [1.82, 2.24) is 19.5 Å². The van der Waals surface area contributed by atoms with E-state index >= 15 is 0 Å². The molecule has 4 heteroatoms. The predicted octanol–water partition coefficient (Wildman–Crippen LogP) is 13.6. The van der Waals surface area contributed by atoms with Gasteiger partial charge in [0.05, 0.1) is 11.0 Å². The Hall–Kier alpha value is -7.43. The summed E-state index contributed by atoms with van der Waals surface area (Å²) in [6.45, 7) is 4.44. The Morgan fingerprint density at radius 2 is 0.860 bits per heavy atom. The second-order valence-corrected chi connectivity index (χ2v) is 14.5. The van der Waals surface area contributed by atoms with Crippen LogP contribution in [-0.4, -0.2) is 19.5 Å². The lowest BCUT2D eigenvalue weighted by Crippen LogP contribution is -2.00. The molecule has 0 fully saturated rings. The van der Waals surface area contributed by atoms with Crippen molar-refractivity contribution in [3.8, 4) is 73.2 Å². The molecule has 10 aromatic rings. The molecule has 0 aliphatic carbocycles. The van der Waals surface area contributed by atoms with Crippen LogP contribution in [0.15, 0.2) is 194 Å². The maximum absolute atomic E-state index is 5.05. The first-order valence-corrected chi connectivity index (χ1v) is 19.4. The molecule has 2 heterocycles. The van der Waals surface area contributed by atoms with Crippen molar-refractivity contribution < 1.29 is 0 Å². The summed E-state index contributed by atoms with van der Waals surface area (Å²) in [5.41, 5.74) is 16.0. The zero-order chi connectivity index (χ0) is 38.3. The minimum absolute atomic E-state index is 0.634. The SMILES string of the molecule is Cc1ccccc1-c1cccc(-c2ccc3c(c2)c2c(-c4cccc(-c5nc(-c6ccccc6)nc(-c6ccccc6)n5)c4)cccc2n3-c2ccccc2)c1C. The molecule has 0 aliphatic rings. The molecular formula is C53H38N4. The minimum Gasteiger partial charge on any atom is -0.309 e. The van der Waals surface area contributed by atoms with E-state index in [1.165, 1.54) is 44.2 Å². The second-order valence-electron chi connectivity index (χ2n) is 14.5. The average Bonchev–Trinajstić information content (AvgIpc) is 3.61. The van der Waals surface area contributed by atoms with Gasteiger partial charge in [0.1, 0.15) is 0 Å². The van der Waals surface area contributed by atoms with Crippen LogP contribution in [0.5, 0.6) is 0 Å². The molecule has 0 bridgehead atoms. The molecule has 10 rings (SSSR count). The van der Waals surface area contributed by atoms with E-state index in [4.69, 9.17) is 15.0 Å². The molecule has 0 unspecified atom stereocenters. The van der Waals surface area contributed by atoms with Crippen molar-refractivity contribution in [2.75, 3.05) is 0 Å². The van der Waals surface area contributed by atoms with Gasteiger partial charge in [-0.2, -0.15) is 0 Å². The predicted molar refractivity (Wildman–Crippen MR) is 236 cm³/mol. The van der Waals surface area contributed by atoms with Crippen molar-refractivity contribution in [2.45, 2.75) is 13.8 Å². The molecule has 0 radical (unpaired) electrons. The first-order chi connectivity index (χ1) is 28.1. The van der Waals surface area contributed by atoms with E-state index in [2.05, 4.69) is 152 Å². The van der Waals surface area contributed by atoms with Gasteiger partial charge in [0.15, 0.2) is 17.5 Å². The summed E-state index contributed by atoms with van der Waals surface area (Å²) >= 11 is 0. The lowest BCUT2D eigenvalue weighted by atomic mass is 9.90. The fourth-order valence-electron chi connectivity index (χ4n) is 8.21. The third-order valence-corrected chi connectivity index (χ3v) is 11.0. The lowest BCUT2D eigenvalue weighted by Gasteiger charge is -2.14. The maximum atomic E-state index is 5.05. The van der Waals surface area contributed by atoms with E-state index < -0.39 is 0 Å². The Kier molecular flexibility index (Phi) is 8.57. The summed E-state index contributed by atoms with van der Waals surface area (Å²) in [6, 6.07) is 68.5. The molecule has 4 nitrogen and oxygen atoms in total. The zero-order valence-corrected chi connectivity index (χ0v) is 31.8. The highest BCUT2D eigenvalue weighted by Crippen LogP contribution is 2.42. The van der Waals surface area contributed by atoms with Crippen LogP contribution < -0.4 is 0 Å². The number of hydrogen-bond donors (Lipinski definition) is 0. The third-order valence-electron chi connectivity index (χ3n) is 11.0. The smallest absolute Gasteiger partial charge is 0.164 e. The summed E-state index contributed by atoms with van der Waals surface area (Å²) in [5.74, 6) is 1.93. The number of nitrogens with zero attached hydrogens (tertiary/aromatic N) is 4. The maximum Gasteiger partial charge on any atom is 0.164 e. The highest BCUT2D eigenvalue weighted by atomic mass is 15.0. The first kappa shape index (κ1) is 34.1. The summed E-state index contributed by atoms with van der Waals surface area (Å²) < 4.78 is 2.39. The van der Waals surface area contributed by atoms with E-state index in [0.29, 0.717) is 17.5 Å². The van der Waals surface area contributed by atoms with E-state index in [1.54, 1.807) is 0 Å². The van der Waals surface area contributed by atoms with Crippen molar-refractivity contribution in [1.29, 1.82) is 0 Å². The summed E-state index contributed by atoms with van der Waals surface area (Å²) in [5, 5.41) is 2.40. The number of para-hydroxylation sites is 1. The molecule has 0 N–H and O–H groups in total. The minimum atomic E-state index is 0.634. The van der Waals surface area contributed by atoms with E-state index in [0.717, 1.165) is 44.5 Å². The molecule has 8 aromatic carbocycles. The van der Waals surface area contributed by atoms with Gasteiger partial charge in [-0.15, -0.1) is 0 Å². The number of fused-ring (bicyclic) bond motifs is 3. The number of benzene rings is 8. The number of hydrogen-bond acceptors (Lipinski definition) is 3. The molecule has 57 heavy (non-hydrogen) atoms. The van der Waals surface area contributed by atoms with Crippen LogP contribution in [-0.2, 0) is 0 Å². The molecule has 0 aliphatic heterocycles. The van der Waals surface area contributed by atoms with E-state index in [-0.39, 0.29) is 0 Å². The zero-order valence-electron chi connectivity index (χ0n) is 31.8. The van der Waals surface area contributed by atoms with Crippen LogP contribution in [0.3, 0.4) is 0 Å². The van der Waals surface area contributed by atoms with Gasteiger partial charge in [-0.1, -0.05) is 158 Å².